The van der Waals surface area contributed by atoms with E-state index in [9.17, 15) is 0 Å². The Morgan fingerprint density at radius 3 is 2.29 bits per heavy atom. The lowest BCUT2D eigenvalue weighted by molar-refractivity contribution is 0.346. The second-order valence-corrected chi connectivity index (χ2v) is 4.55. The molecule has 0 saturated heterocycles. The highest BCUT2D eigenvalue weighted by Crippen LogP contribution is 2.29. The molecule has 0 aromatic heterocycles. The second-order valence-electron chi connectivity index (χ2n) is 4.55. The molecule has 0 N–H and O–H groups in total. The maximum atomic E-state index is 2.39. The van der Waals surface area contributed by atoms with Crippen molar-refractivity contribution < 1.29 is 0 Å². The summed E-state index contributed by atoms with van der Waals surface area (Å²) in [6.07, 6.45) is 14.0. The molecule has 0 heterocycles. The van der Waals surface area contributed by atoms with Crippen molar-refractivity contribution in [1.82, 2.24) is 0 Å². The van der Waals surface area contributed by atoms with Crippen LogP contribution in [-0.2, 0) is 0 Å². The van der Waals surface area contributed by atoms with Crippen molar-refractivity contribution in [1.29, 1.82) is 0 Å². The minimum Gasteiger partial charge on any atom is -0.0651 e. The Hall–Kier alpha value is 0. The van der Waals surface area contributed by atoms with Gasteiger partial charge in [-0.3, -0.25) is 0 Å². The van der Waals surface area contributed by atoms with Crippen LogP contribution >= 0.6 is 0 Å². The highest BCUT2D eigenvalue weighted by molar-refractivity contribution is 5.34. The SMILES string of the molecule is CCC(C)C(C)CCC[C]1[CH][CH][CH][CH]1. The highest BCUT2D eigenvalue weighted by atomic mass is 14.2. The Bertz CT molecular complexity index is 133. The van der Waals surface area contributed by atoms with Crippen molar-refractivity contribution in [3.05, 3.63) is 31.6 Å². The lowest BCUT2D eigenvalue weighted by atomic mass is 9.87. The van der Waals surface area contributed by atoms with E-state index in [0.717, 1.165) is 11.8 Å². The molecule has 0 amide bonds. The van der Waals surface area contributed by atoms with Gasteiger partial charge in [0.25, 0.3) is 0 Å². The van der Waals surface area contributed by atoms with Crippen molar-refractivity contribution in [3.63, 3.8) is 0 Å². The third-order valence-electron chi connectivity index (χ3n) is 3.47. The van der Waals surface area contributed by atoms with Gasteiger partial charge in [-0.25, -0.2) is 0 Å². The van der Waals surface area contributed by atoms with Gasteiger partial charge < -0.3 is 0 Å². The fourth-order valence-electron chi connectivity index (χ4n) is 1.90. The van der Waals surface area contributed by atoms with Gasteiger partial charge in [0, 0.05) is 0 Å². The Labute approximate surface area is 90.5 Å². The standard InChI is InChI=1S/C14H23/c1-4-12(2)13(3)8-7-11-14-9-5-6-10-14/h5-6,9-10,12-13H,4,7-8,11H2,1-3H3. The first-order valence-electron chi connectivity index (χ1n) is 5.94. The molecule has 14 heavy (non-hydrogen) atoms. The van der Waals surface area contributed by atoms with E-state index in [2.05, 4.69) is 46.5 Å². The van der Waals surface area contributed by atoms with Crippen molar-refractivity contribution in [3.8, 4) is 0 Å². The van der Waals surface area contributed by atoms with E-state index >= 15 is 0 Å². The molecule has 0 aliphatic heterocycles. The van der Waals surface area contributed by atoms with Crippen molar-refractivity contribution in [2.45, 2.75) is 46.5 Å². The lowest BCUT2D eigenvalue weighted by Crippen LogP contribution is -2.07. The smallest absolute Gasteiger partial charge is 0.0167 e. The molecule has 79 valence electrons. The minimum atomic E-state index is 0.884. The van der Waals surface area contributed by atoms with Crippen molar-refractivity contribution >= 4 is 0 Å². The zero-order chi connectivity index (χ0) is 10.4. The summed E-state index contributed by atoms with van der Waals surface area (Å²) in [5, 5.41) is 0. The number of hydrogen-bond acceptors (Lipinski definition) is 0. The summed E-state index contributed by atoms with van der Waals surface area (Å²) in [7, 11) is 0. The van der Waals surface area contributed by atoms with E-state index in [0.29, 0.717) is 0 Å². The van der Waals surface area contributed by atoms with Crippen LogP contribution in [0.25, 0.3) is 0 Å². The molecule has 2 unspecified atom stereocenters. The van der Waals surface area contributed by atoms with Gasteiger partial charge in [0.15, 0.2) is 0 Å². The molecule has 1 saturated carbocycles. The van der Waals surface area contributed by atoms with Crippen LogP contribution in [0.1, 0.15) is 46.5 Å². The Balaban J connectivity index is 2.02. The van der Waals surface area contributed by atoms with Crippen LogP contribution in [0.15, 0.2) is 0 Å². The van der Waals surface area contributed by atoms with Gasteiger partial charge in [-0.1, -0.05) is 40.0 Å². The average Bonchev–Trinajstić information content (AvgIpc) is 2.69. The molecular weight excluding hydrogens is 168 g/mol. The third-order valence-corrected chi connectivity index (χ3v) is 3.47. The summed E-state index contributed by atoms with van der Waals surface area (Å²) in [6, 6.07) is 0. The van der Waals surface area contributed by atoms with E-state index in [-0.39, 0.29) is 0 Å². The molecule has 0 nitrogen and oxygen atoms in total. The van der Waals surface area contributed by atoms with Gasteiger partial charge in [0.2, 0.25) is 0 Å². The van der Waals surface area contributed by atoms with Gasteiger partial charge in [-0.05, 0) is 49.9 Å². The number of hydrogen-bond donors (Lipinski definition) is 0. The van der Waals surface area contributed by atoms with Gasteiger partial charge in [-0.15, -0.1) is 0 Å². The molecule has 0 spiro atoms. The van der Waals surface area contributed by atoms with Crippen LogP contribution in [0.2, 0.25) is 0 Å². The van der Waals surface area contributed by atoms with Gasteiger partial charge in [-0.2, -0.15) is 0 Å². The second kappa shape index (κ2) is 6.48. The highest BCUT2D eigenvalue weighted by Gasteiger charge is 2.17. The first-order valence-corrected chi connectivity index (χ1v) is 5.94. The van der Waals surface area contributed by atoms with Crippen LogP contribution in [0.3, 0.4) is 0 Å². The predicted molar refractivity (Wildman–Crippen MR) is 62.9 cm³/mol. The van der Waals surface area contributed by atoms with Gasteiger partial charge in [0.05, 0.1) is 0 Å². The van der Waals surface area contributed by atoms with E-state index in [1.807, 2.05) is 0 Å². The fourth-order valence-corrected chi connectivity index (χ4v) is 1.90. The predicted octanol–water partition coefficient (Wildman–Crippen LogP) is 4.24. The molecule has 5 radical (unpaired) electrons. The maximum absolute atomic E-state index is 2.39. The number of rotatable bonds is 6. The van der Waals surface area contributed by atoms with Crippen LogP contribution in [0.4, 0.5) is 0 Å². The molecular formula is C14H23. The summed E-state index contributed by atoms with van der Waals surface area (Å²) in [6.45, 7) is 7.05. The first kappa shape index (κ1) is 12.1. The molecule has 1 rings (SSSR count). The Kier molecular flexibility index (Phi) is 5.59. The topological polar surface area (TPSA) is 0 Å². The van der Waals surface area contributed by atoms with E-state index in [1.54, 1.807) is 0 Å². The van der Waals surface area contributed by atoms with Crippen LogP contribution < -0.4 is 0 Å². The zero-order valence-corrected chi connectivity index (χ0v) is 9.79. The average molecular weight is 191 g/mol. The fraction of sp³-hybridized carbons (Fsp3) is 0.643. The molecule has 2 atom stereocenters. The van der Waals surface area contributed by atoms with E-state index in [1.165, 1.54) is 31.6 Å². The largest absolute Gasteiger partial charge is 0.0651 e. The molecule has 0 aromatic carbocycles. The first-order chi connectivity index (χ1) is 6.74. The monoisotopic (exact) mass is 191 g/mol. The van der Waals surface area contributed by atoms with Gasteiger partial charge >= 0.3 is 0 Å². The Morgan fingerprint density at radius 1 is 1.07 bits per heavy atom. The van der Waals surface area contributed by atoms with Crippen LogP contribution in [0, 0.1) is 43.4 Å². The molecule has 1 aliphatic carbocycles. The van der Waals surface area contributed by atoms with Crippen molar-refractivity contribution in [2.75, 3.05) is 0 Å². The van der Waals surface area contributed by atoms with Gasteiger partial charge in [0.1, 0.15) is 0 Å². The zero-order valence-electron chi connectivity index (χ0n) is 9.79. The minimum absolute atomic E-state index is 0.884. The summed E-state index contributed by atoms with van der Waals surface area (Å²) >= 11 is 0. The van der Waals surface area contributed by atoms with Crippen molar-refractivity contribution in [2.24, 2.45) is 11.8 Å². The van der Waals surface area contributed by atoms with E-state index < -0.39 is 0 Å². The molecule has 1 aliphatic rings. The lowest BCUT2D eigenvalue weighted by Gasteiger charge is -2.18. The summed E-state index contributed by atoms with van der Waals surface area (Å²) in [5.41, 5.74) is 0. The quantitative estimate of drug-likeness (QED) is 0.589. The Morgan fingerprint density at radius 2 is 1.71 bits per heavy atom. The molecule has 0 bridgehead atoms. The third kappa shape index (κ3) is 4.02. The summed E-state index contributed by atoms with van der Waals surface area (Å²) in [5.74, 6) is 3.27. The molecule has 0 heteroatoms. The normalized spacial score (nSPS) is 22.5. The van der Waals surface area contributed by atoms with E-state index in [4.69, 9.17) is 0 Å². The maximum Gasteiger partial charge on any atom is -0.0167 e. The van der Waals surface area contributed by atoms with Crippen LogP contribution in [-0.4, -0.2) is 0 Å². The van der Waals surface area contributed by atoms with Crippen LogP contribution in [0.5, 0.6) is 0 Å². The molecule has 1 fully saturated rings. The summed E-state index contributed by atoms with van der Waals surface area (Å²) < 4.78 is 0. The molecule has 0 aromatic rings. The summed E-state index contributed by atoms with van der Waals surface area (Å²) in [4.78, 5) is 0.